The molecule has 0 aromatic heterocycles. The van der Waals surface area contributed by atoms with E-state index in [1.165, 1.54) is 91.6 Å². The summed E-state index contributed by atoms with van der Waals surface area (Å²) in [6.07, 6.45) is 11.9. The van der Waals surface area contributed by atoms with Gasteiger partial charge in [-0.2, -0.15) is 0 Å². The molecule has 0 spiro atoms. The van der Waals surface area contributed by atoms with Crippen LogP contribution in [0.25, 0.3) is 34.4 Å². The second-order valence-corrected chi connectivity index (χ2v) is 19.1. The molecule has 1 atom stereocenters. The van der Waals surface area contributed by atoms with Crippen LogP contribution in [0.2, 0.25) is 0 Å². The van der Waals surface area contributed by atoms with Gasteiger partial charge in [0.1, 0.15) is 5.75 Å². The van der Waals surface area contributed by atoms with E-state index in [1.54, 1.807) is 11.1 Å². The number of hydrogen-bond acceptors (Lipinski definition) is 1. The maximum absolute atomic E-state index is 6.31. The first-order valence-electron chi connectivity index (χ1n) is 19.9. The van der Waals surface area contributed by atoms with Gasteiger partial charge in [0.15, 0.2) is 0 Å². The number of fused-ring (bicyclic) bond motifs is 2. The number of rotatable bonds is 8. The van der Waals surface area contributed by atoms with Gasteiger partial charge in [0.2, 0.25) is 0 Å². The second kappa shape index (κ2) is 14.2. The first-order chi connectivity index (χ1) is 24.4. The molecular formula is C51H64O. The van der Waals surface area contributed by atoms with Crippen LogP contribution in [0.1, 0.15) is 158 Å². The third-order valence-corrected chi connectivity index (χ3v) is 11.6. The van der Waals surface area contributed by atoms with Gasteiger partial charge in [0.25, 0.3) is 0 Å². The molecule has 0 radical (unpaired) electrons. The fraction of sp³-hybridized carbons (Fsp3) is 0.451. The van der Waals surface area contributed by atoms with Gasteiger partial charge in [-0.05, 0) is 137 Å². The van der Waals surface area contributed by atoms with Gasteiger partial charge in [0.05, 0.1) is 7.11 Å². The summed E-state index contributed by atoms with van der Waals surface area (Å²) in [5.41, 5.74) is 21.4. The highest BCUT2D eigenvalue weighted by atomic mass is 16.5. The molecule has 0 aliphatic heterocycles. The van der Waals surface area contributed by atoms with E-state index in [1.807, 2.05) is 7.11 Å². The number of aryl methyl sites for hydroxylation is 2. The molecule has 0 amide bonds. The molecule has 0 saturated carbocycles. The number of hydrogen-bond donors (Lipinski definition) is 0. The highest BCUT2D eigenvalue weighted by molar-refractivity contribution is 5.88. The first-order valence-corrected chi connectivity index (χ1v) is 19.9. The number of allylic oxidation sites excluding steroid dienone is 2. The summed E-state index contributed by atoms with van der Waals surface area (Å²) in [5.74, 6) is 1.42. The van der Waals surface area contributed by atoms with Crippen molar-refractivity contribution in [1.82, 2.24) is 0 Å². The van der Waals surface area contributed by atoms with Crippen molar-refractivity contribution in [2.45, 2.75) is 144 Å². The Kier molecular flexibility index (Phi) is 10.3. The Labute approximate surface area is 316 Å². The number of ether oxygens (including phenoxy) is 1. The van der Waals surface area contributed by atoms with Crippen LogP contribution < -0.4 is 4.74 Å². The van der Waals surface area contributed by atoms with Crippen LogP contribution in [0.3, 0.4) is 0 Å². The maximum Gasteiger partial charge on any atom is 0.131 e. The van der Waals surface area contributed by atoms with Crippen LogP contribution in [-0.2, 0) is 35.5 Å². The van der Waals surface area contributed by atoms with Crippen molar-refractivity contribution in [1.29, 1.82) is 0 Å². The minimum absolute atomic E-state index is 0.0489. The molecular weight excluding hydrogens is 629 g/mol. The molecule has 2 aliphatic carbocycles. The van der Waals surface area contributed by atoms with Gasteiger partial charge in [-0.15, -0.1) is 0 Å². The summed E-state index contributed by atoms with van der Waals surface area (Å²) >= 11 is 0. The molecule has 1 nitrogen and oxygen atoms in total. The summed E-state index contributed by atoms with van der Waals surface area (Å²) in [6, 6.07) is 23.8. The van der Waals surface area contributed by atoms with Gasteiger partial charge in [-0.3, -0.25) is 0 Å². The summed E-state index contributed by atoms with van der Waals surface area (Å²) in [6.45, 7) is 27.6. The van der Waals surface area contributed by atoms with Crippen molar-refractivity contribution in [3.8, 4) is 28.0 Å². The zero-order valence-electron chi connectivity index (χ0n) is 34.7. The summed E-state index contributed by atoms with van der Waals surface area (Å²) in [5, 5.41) is 0. The quantitative estimate of drug-likeness (QED) is 0.179. The third kappa shape index (κ3) is 7.48. The zero-order valence-corrected chi connectivity index (χ0v) is 34.7. The molecule has 4 aromatic rings. The highest BCUT2D eigenvalue weighted by Gasteiger charge is 2.32. The normalized spacial score (nSPS) is 15.7. The van der Waals surface area contributed by atoms with Crippen LogP contribution >= 0.6 is 0 Å². The lowest BCUT2D eigenvalue weighted by Gasteiger charge is -2.28. The lowest BCUT2D eigenvalue weighted by atomic mass is 9.78. The largest absolute Gasteiger partial charge is 0.496 e. The Morgan fingerprint density at radius 1 is 0.750 bits per heavy atom. The van der Waals surface area contributed by atoms with Gasteiger partial charge in [0, 0.05) is 17.0 Å². The van der Waals surface area contributed by atoms with Crippen molar-refractivity contribution in [3.63, 3.8) is 0 Å². The van der Waals surface area contributed by atoms with Gasteiger partial charge in [-0.25, -0.2) is 0 Å². The Morgan fingerprint density at radius 3 is 1.85 bits per heavy atom. The van der Waals surface area contributed by atoms with E-state index in [9.17, 15) is 0 Å². The van der Waals surface area contributed by atoms with E-state index in [-0.39, 0.29) is 16.2 Å². The van der Waals surface area contributed by atoms with E-state index in [4.69, 9.17) is 4.74 Å². The molecule has 0 saturated heterocycles. The number of benzene rings is 4. The molecule has 0 heterocycles. The molecule has 1 heteroatoms. The van der Waals surface area contributed by atoms with Crippen LogP contribution in [0, 0.1) is 0 Å². The highest BCUT2D eigenvalue weighted by Crippen LogP contribution is 2.51. The molecule has 1 unspecified atom stereocenters. The Bertz CT molecular complexity index is 2000. The predicted molar refractivity (Wildman–Crippen MR) is 227 cm³/mol. The van der Waals surface area contributed by atoms with Crippen LogP contribution in [0.15, 0.2) is 71.8 Å². The molecule has 274 valence electrons. The van der Waals surface area contributed by atoms with E-state index < -0.39 is 0 Å². The van der Waals surface area contributed by atoms with Crippen LogP contribution in [-0.4, -0.2) is 7.11 Å². The molecule has 52 heavy (non-hydrogen) atoms. The Hall–Kier alpha value is -3.84. The van der Waals surface area contributed by atoms with Crippen molar-refractivity contribution < 1.29 is 4.74 Å². The molecule has 0 bridgehead atoms. The fourth-order valence-corrected chi connectivity index (χ4v) is 8.74. The minimum atomic E-state index is -0.0489. The van der Waals surface area contributed by atoms with E-state index >= 15 is 0 Å². The SMILES string of the molecule is COc1c(C(C)(C)C)cc2c(c1-c1ccc(C(C)(C)C)cc1)C=C(C)C2CCCc1cc2c(c(-c3ccc(C(C)(C)C)cc3)c1C=C(C)C)CCC2. The topological polar surface area (TPSA) is 9.23 Å². The fourth-order valence-electron chi connectivity index (χ4n) is 8.74. The van der Waals surface area contributed by atoms with Crippen molar-refractivity contribution in [2.24, 2.45) is 0 Å². The Morgan fingerprint density at radius 2 is 1.33 bits per heavy atom. The van der Waals surface area contributed by atoms with E-state index in [2.05, 4.69) is 156 Å². The van der Waals surface area contributed by atoms with E-state index in [0.29, 0.717) is 5.92 Å². The zero-order chi connectivity index (χ0) is 37.7. The van der Waals surface area contributed by atoms with Gasteiger partial charge >= 0.3 is 0 Å². The average Bonchev–Trinajstić information content (AvgIpc) is 3.66. The first kappa shape index (κ1) is 37.9. The van der Waals surface area contributed by atoms with E-state index in [0.717, 1.165) is 25.0 Å². The summed E-state index contributed by atoms with van der Waals surface area (Å²) in [4.78, 5) is 0. The lowest BCUT2D eigenvalue weighted by Crippen LogP contribution is -2.15. The standard InChI is InChI=1S/C51H64O/c1-32(2)28-42-37(30-36-16-15-19-41(36)46(42)34-20-24-38(25-21-34)49(4,5)6)17-14-18-40-33(3)29-44-43(40)31-45(51(10,11)12)48(52-13)47(44)35-22-26-39(27-23-35)50(7,8)9/h20-31,40H,14-19H2,1-13H3. The third-order valence-electron chi connectivity index (χ3n) is 11.6. The second-order valence-electron chi connectivity index (χ2n) is 19.1. The Balaban J connectivity index is 1.38. The maximum atomic E-state index is 6.31. The van der Waals surface area contributed by atoms with Crippen LogP contribution in [0.4, 0.5) is 0 Å². The molecule has 4 aromatic carbocycles. The molecule has 2 aliphatic rings. The van der Waals surface area contributed by atoms with Crippen molar-refractivity contribution in [3.05, 3.63) is 122 Å². The summed E-state index contributed by atoms with van der Waals surface area (Å²) < 4.78 is 6.31. The van der Waals surface area contributed by atoms with Gasteiger partial charge in [-0.1, -0.05) is 146 Å². The van der Waals surface area contributed by atoms with Crippen molar-refractivity contribution >= 4 is 12.2 Å². The lowest BCUT2D eigenvalue weighted by molar-refractivity contribution is 0.399. The minimum Gasteiger partial charge on any atom is -0.496 e. The van der Waals surface area contributed by atoms with Gasteiger partial charge < -0.3 is 4.74 Å². The molecule has 0 fully saturated rings. The molecule has 0 N–H and O–H groups in total. The summed E-state index contributed by atoms with van der Waals surface area (Å²) in [7, 11) is 1.85. The smallest absolute Gasteiger partial charge is 0.131 e. The number of methoxy groups -OCH3 is 1. The van der Waals surface area contributed by atoms with Crippen LogP contribution in [0.5, 0.6) is 5.75 Å². The predicted octanol–water partition coefficient (Wildman–Crippen LogP) is 14.4. The monoisotopic (exact) mass is 692 g/mol. The average molecular weight is 693 g/mol. The molecule has 6 rings (SSSR count). The van der Waals surface area contributed by atoms with Crippen molar-refractivity contribution in [2.75, 3.05) is 7.11 Å².